The largest absolute Gasteiger partial charge is 0.497 e. The van der Waals surface area contributed by atoms with Crippen LogP contribution in [0.4, 0.5) is 10.5 Å². The van der Waals surface area contributed by atoms with E-state index in [2.05, 4.69) is 29.4 Å². The molecule has 8 nitrogen and oxygen atoms in total. The number of benzene rings is 1. The molecule has 2 saturated heterocycles. The number of urea groups is 1. The molecule has 2 fully saturated rings. The minimum absolute atomic E-state index is 0.125. The van der Waals surface area contributed by atoms with Gasteiger partial charge >= 0.3 is 6.03 Å². The van der Waals surface area contributed by atoms with E-state index in [9.17, 15) is 9.59 Å². The number of likely N-dealkylation sites (tertiary alicyclic amines) is 1. The molecule has 0 aliphatic carbocycles. The van der Waals surface area contributed by atoms with Crippen LogP contribution in [-0.4, -0.2) is 79.8 Å². The summed E-state index contributed by atoms with van der Waals surface area (Å²) in [4.78, 5) is 29.8. The summed E-state index contributed by atoms with van der Waals surface area (Å²) in [6.45, 7) is 8.65. The number of carbonyl (C=O) groups excluding carboxylic acids is 2. The maximum Gasteiger partial charge on any atom is 0.318 e. The standard InChI is InChI=1S/C22H34N4O4/c1-4-22(2,25-12-14-30-15-13-25)16-23-21(28)26-11-5-6-19(26)20(27)24-17-7-9-18(29-3)10-8-17/h7-10,19H,4-6,11-16H2,1-3H3,(H,23,28)(H,24,27)/t19-,22+/m1/s1. The molecule has 2 aliphatic rings. The Labute approximate surface area is 178 Å². The summed E-state index contributed by atoms with van der Waals surface area (Å²) in [6, 6.07) is 6.56. The highest BCUT2D eigenvalue weighted by atomic mass is 16.5. The Hall–Kier alpha value is -2.32. The van der Waals surface area contributed by atoms with Gasteiger partial charge in [0.2, 0.25) is 5.91 Å². The first-order valence-electron chi connectivity index (χ1n) is 10.8. The minimum atomic E-state index is -0.455. The zero-order valence-electron chi connectivity index (χ0n) is 18.3. The van der Waals surface area contributed by atoms with Gasteiger partial charge in [0.15, 0.2) is 0 Å². The average molecular weight is 419 g/mol. The van der Waals surface area contributed by atoms with Crippen LogP contribution in [0.3, 0.4) is 0 Å². The highest BCUT2D eigenvalue weighted by Crippen LogP contribution is 2.23. The van der Waals surface area contributed by atoms with Gasteiger partial charge in [-0.1, -0.05) is 6.92 Å². The summed E-state index contributed by atoms with van der Waals surface area (Å²) in [5, 5.41) is 6.00. The zero-order chi connectivity index (χ0) is 21.6. The first-order chi connectivity index (χ1) is 14.5. The average Bonchev–Trinajstić information content (AvgIpc) is 3.28. The molecule has 2 N–H and O–H groups in total. The molecule has 3 rings (SSSR count). The van der Waals surface area contributed by atoms with E-state index in [0.29, 0.717) is 25.2 Å². The lowest BCUT2D eigenvalue weighted by atomic mass is 9.95. The molecule has 0 unspecified atom stereocenters. The van der Waals surface area contributed by atoms with Crippen LogP contribution in [-0.2, 0) is 9.53 Å². The van der Waals surface area contributed by atoms with Crippen molar-refractivity contribution in [3.63, 3.8) is 0 Å². The topological polar surface area (TPSA) is 83.1 Å². The van der Waals surface area contributed by atoms with Crippen molar-refractivity contribution < 1.29 is 19.1 Å². The van der Waals surface area contributed by atoms with Gasteiger partial charge < -0.3 is 25.0 Å². The van der Waals surface area contributed by atoms with E-state index >= 15 is 0 Å². The van der Waals surface area contributed by atoms with Crippen molar-refractivity contribution in [2.45, 2.75) is 44.7 Å². The molecular formula is C22H34N4O4. The van der Waals surface area contributed by atoms with E-state index in [4.69, 9.17) is 9.47 Å². The van der Waals surface area contributed by atoms with Crippen LogP contribution >= 0.6 is 0 Å². The smallest absolute Gasteiger partial charge is 0.318 e. The van der Waals surface area contributed by atoms with Gasteiger partial charge in [0.05, 0.1) is 20.3 Å². The normalized spacial score (nSPS) is 21.7. The maximum absolute atomic E-state index is 12.9. The number of hydrogen-bond donors (Lipinski definition) is 2. The molecule has 0 bridgehead atoms. The summed E-state index contributed by atoms with van der Waals surface area (Å²) in [5.74, 6) is 0.577. The first kappa shape index (κ1) is 22.4. The second-order valence-corrected chi connectivity index (χ2v) is 8.18. The van der Waals surface area contributed by atoms with Crippen LogP contribution < -0.4 is 15.4 Å². The predicted octanol–water partition coefficient (Wildman–Crippen LogP) is 2.31. The number of ether oxygens (including phenoxy) is 2. The quantitative estimate of drug-likeness (QED) is 0.710. The van der Waals surface area contributed by atoms with Crippen molar-refractivity contribution in [3.8, 4) is 5.75 Å². The third-order valence-corrected chi connectivity index (χ3v) is 6.33. The number of morpholine rings is 1. The number of hydrogen-bond acceptors (Lipinski definition) is 5. The fraction of sp³-hybridized carbons (Fsp3) is 0.636. The lowest BCUT2D eigenvalue weighted by Gasteiger charge is -2.43. The summed E-state index contributed by atoms with van der Waals surface area (Å²) in [5.41, 5.74) is 0.568. The Balaban J connectivity index is 1.56. The van der Waals surface area contributed by atoms with E-state index in [-0.39, 0.29) is 17.5 Å². The van der Waals surface area contributed by atoms with Crippen LogP contribution in [0, 0.1) is 0 Å². The van der Waals surface area contributed by atoms with Crippen molar-refractivity contribution in [3.05, 3.63) is 24.3 Å². The fourth-order valence-corrected chi connectivity index (χ4v) is 4.11. The summed E-state index contributed by atoms with van der Waals surface area (Å²) < 4.78 is 10.6. The van der Waals surface area contributed by atoms with E-state index < -0.39 is 6.04 Å². The number of nitrogens with one attached hydrogen (secondary N) is 2. The molecule has 0 spiro atoms. The van der Waals surface area contributed by atoms with Gasteiger partial charge in [0.1, 0.15) is 11.8 Å². The Morgan fingerprint density at radius 3 is 2.53 bits per heavy atom. The zero-order valence-corrected chi connectivity index (χ0v) is 18.3. The fourth-order valence-electron chi connectivity index (χ4n) is 4.11. The van der Waals surface area contributed by atoms with Crippen LogP contribution in [0.15, 0.2) is 24.3 Å². The number of anilines is 1. The van der Waals surface area contributed by atoms with Crippen LogP contribution in [0.2, 0.25) is 0 Å². The van der Waals surface area contributed by atoms with E-state index in [0.717, 1.165) is 44.9 Å². The highest BCUT2D eigenvalue weighted by Gasteiger charge is 2.36. The number of carbonyl (C=O) groups is 2. The lowest BCUT2D eigenvalue weighted by molar-refractivity contribution is -0.119. The van der Waals surface area contributed by atoms with Gasteiger partial charge in [0.25, 0.3) is 0 Å². The first-order valence-corrected chi connectivity index (χ1v) is 10.8. The van der Waals surface area contributed by atoms with Crippen molar-refractivity contribution >= 4 is 17.6 Å². The molecule has 1 aromatic rings. The van der Waals surface area contributed by atoms with Crippen LogP contribution in [0.1, 0.15) is 33.1 Å². The molecule has 166 valence electrons. The van der Waals surface area contributed by atoms with Gasteiger partial charge in [-0.3, -0.25) is 9.69 Å². The molecule has 3 amide bonds. The molecule has 0 saturated carbocycles. The van der Waals surface area contributed by atoms with Crippen molar-refractivity contribution in [1.29, 1.82) is 0 Å². The van der Waals surface area contributed by atoms with Gasteiger partial charge in [-0.15, -0.1) is 0 Å². The maximum atomic E-state index is 12.9. The second-order valence-electron chi connectivity index (χ2n) is 8.18. The van der Waals surface area contributed by atoms with Gasteiger partial charge in [-0.2, -0.15) is 0 Å². The molecule has 1 aromatic carbocycles. The molecule has 2 atom stereocenters. The number of amides is 3. The summed E-state index contributed by atoms with van der Waals surface area (Å²) >= 11 is 0. The number of nitrogens with zero attached hydrogens (tertiary/aromatic N) is 2. The van der Waals surface area contributed by atoms with Gasteiger partial charge in [-0.25, -0.2) is 4.79 Å². The minimum Gasteiger partial charge on any atom is -0.497 e. The van der Waals surface area contributed by atoms with Crippen LogP contribution in [0.5, 0.6) is 5.75 Å². The highest BCUT2D eigenvalue weighted by molar-refractivity contribution is 5.97. The van der Waals surface area contributed by atoms with E-state index in [1.165, 1.54) is 0 Å². The third kappa shape index (κ3) is 5.23. The Bertz CT molecular complexity index is 720. The third-order valence-electron chi connectivity index (χ3n) is 6.33. The molecule has 8 heteroatoms. The number of methoxy groups -OCH3 is 1. The Morgan fingerprint density at radius 2 is 1.90 bits per heavy atom. The Kier molecular flexibility index (Phi) is 7.55. The van der Waals surface area contributed by atoms with Gasteiger partial charge in [-0.05, 0) is 50.5 Å². The van der Waals surface area contributed by atoms with E-state index in [1.54, 1.807) is 36.3 Å². The Morgan fingerprint density at radius 1 is 1.20 bits per heavy atom. The number of rotatable bonds is 7. The molecule has 2 heterocycles. The second kappa shape index (κ2) is 10.1. The van der Waals surface area contributed by atoms with Crippen molar-refractivity contribution in [2.24, 2.45) is 0 Å². The molecular weight excluding hydrogens is 384 g/mol. The summed E-state index contributed by atoms with van der Waals surface area (Å²) in [7, 11) is 1.60. The SMILES string of the molecule is CC[C@@](C)(CNC(=O)N1CCC[C@@H]1C(=O)Nc1ccc(OC)cc1)N1CCOCC1. The molecule has 0 radical (unpaired) electrons. The molecule has 30 heavy (non-hydrogen) atoms. The lowest BCUT2D eigenvalue weighted by Crippen LogP contribution is -2.58. The van der Waals surface area contributed by atoms with Crippen molar-refractivity contribution in [1.82, 2.24) is 15.1 Å². The monoisotopic (exact) mass is 418 g/mol. The van der Waals surface area contributed by atoms with Crippen LogP contribution in [0.25, 0.3) is 0 Å². The predicted molar refractivity (Wildman–Crippen MR) is 116 cm³/mol. The van der Waals surface area contributed by atoms with E-state index in [1.807, 2.05) is 0 Å². The summed E-state index contributed by atoms with van der Waals surface area (Å²) in [6.07, 6.45) is 2.42. The van der Waals surface area contributed by atoms with Crippen molar-refractivity contribution in [2.75, 3.05) is 51.8 Å². The molecule has 0 aromatic heterocycles. The molecule has 2 aliphatic heterocycles. The van der Waals surface area contributed by atoms with Gasteiger partial charge in [0, 0.05) is 37.4 Å².